The van der Waals surface area contributed by atoms with E-state index in [1.54, 1.807) is 7.11 Å². The van der Waals surface area contributed by atoms with Gasteiger partial charge in [0.25, 0.3) is 0 Å². The van der Waals surface area contributed by atoms with E-state index in [0.29, 0.717) is 31.4 Å². The molecule has 1 aromatic carbocycles. The number of carbonyl (C=O) groups excluding carboxylic acids is 1. The maximum absolute atomic E-state index is 12.8. The average molecular weight is 347 g/mol. The minimum Gasteiger partial charge on any atom is -0.383 e. The van der Waals surface area contributed by atoms with E-state index < -0.39 is 0 Å². The van der Waals surface area contributed by atoms with Gasteiger partial charge in [0.2, 0.25) is 5.91 Å². The van der Waals surface area contributed by atoms with E-state index in [4.69, 9.17) is 4.74 Å². The minimum absolute atomic E-state index is 0.288. The fourth-order valence-electron chi connectivity index (χ4n) is 3.67. The van der Waals surface area contributed by atoms with Crippen molar-refractivity contribution in [2.75, 3.05) is 39.9 Å². The van der Waals surface area contributed by atoms with Crippen molar-refractivity contribution in [2.24, 2.45) is 11.8 Å². The smallest absolute Gasteiger partial charge is 0.222 e. The second-order valence-electron chi connectivity index (χ2n) is 7.23. The fourth-order valence-corrected chi connectivity index (χ4v) is 3.67. The highest BCUT2D eigenvalue weighted by atomic mass is 16.5. The summed E-state index contributed by atoms with van der Waals surface area (Å²) >= 11 is 0. The quantitative estimate of drug-likeness (QED) is 0.708. The van der Waals surface area contributed by atoms with Crippen LogP contribution >= 0.6 is 0 Å². The number of hydrogen-bond acceptors (Lipinski definition) is 3. The molecule has 0 aliphatic carbocycles. The van der Waals surface area contributed by atoms with E-state index in [2.05, 4.69) is 36.5 Å². The molecule has 1 fully saturated rings. The lowest BCUT2D eigenvalue weighted by Gasteiger charge is -2.30. The molecule has 1 aliphatic heterocycles. The first kappa shape index (κ1) is 19.9. The van der Waals surface area contributed by atoms with Crippen molar-refractivity contribution in [3.8, 4) is 0 Å². The summed E-state index contributed by atoms with van der Waals surface area (Å²) in [6.45, 7) is 6.55. The lowest BCUT2D eigenvalue weighted by molar-refractivity contribution is -0.133. The number of hydrogen-bond donors (Lipinski definition) is 1. The third kappa shape index (κ3) is 7.17. The van der Waals surface area contributed by atoms with Crippen molar-refractivity contribution in [1.29, 1.82) is 0 Å². The second-order valence-corrected chi connectivity index (χ2v) is 7.23. The Labute approximate surface area is 152 Å². The number of methoxy groups -OCH3 is 1. The number of carbonyl (C=O) groups is 1. The van der Waals surface area contributed by atoms with Crippen molar-refractivity contribution in [3.63, 3.8) is 0 Å². The van der Waals surface area contributed by atoms with Crippen LogP contribution in [0, 0.1) is 11.8 Å². The van der Waals surface area contributed by atoms with Crippen molar-refractivity contribution >= 4 is 5.91 Å². The van der Waals surface area contributed by atoms with Crippen LogP contribution in [-0.2, 0) is 16.0 Å². The Bertz CT molecular complexity index is 486. The van der Waals surface area contributed by atoms with Crippen LogP contribution in [-0.4, -0.2) is 50.7 Å². The summed E-state index contributed by atoms with van der Waals surface area (Å²) < 4.78 is 5.21. The molecular formula is C21H34N2O2. The van der Waals surface area contributed by atoms with Gasteiger partial charge < -0.3 is 15.0 Å². The van der Waals surface area contributed by atoms with E-state index in [0.717, 1.165) is 32.5 Å². The van der Waals surface area contributed by atoms with E-state index in [9.17, 15) is 4.79 Å². The molecule has 1 saturated heterocycles. The predicted octanol–water partition coefficient (Wildman–Crippen LogP) is 3.12. The molecule has 0 spiro atoms. The van der Waals surface area contributed by atoms with Crippen molar-refractivity contribution in [1.82, 2.24) is 10.2 Å². The molecule has 1 aliphatic rings. The molecule has 1 amide bonds. The topological polar surface area (TPSA) is 41.6 Å². The molecule has 0 aromatic heterocycles. The zero-order valence-electron chi connectivity index (χ0n) is 15.9. The van der Waals surface area contributed by atoms with Gasteiger partial charge in [-0.15, -0.1) is 0 Å². The number of amides is 1. The Balaban J connectivity index is 1.80. The highest BCUT2D eigenvalue weighted by molar-refractivity contribution is 5.76. The van der Waals surface area contributed by atoms with Gasteiger partial charge in [0.15, 0.2) is 0 Å². The normalized spacial score (nSPS) is 16.6. The summed E-state index contributed by atoms with van der Waals surface area (Å²) in [5, 5.41) is 3.41. The maximum Gasteiger partial charge on any atom is 0.222 e. The van der Waals surface area contributed by atoms with Crippen LogP contribution in [0.15, 0.2) is 30.3 Å². The van der Waals surface area contributed by atoms with Crippen LogP contribution in [0.2, 0.25) is 0 Å². The highest BCUT2D eigenvalue weighted by Crippen LogP contribution is 2.25. The Morgan fingerprint density at radius 3 is 2.64 bits per heavy atom. The molecule has 4 nitrogen and oxygen atoms in total. The van der Waals surface area contributed by atoms with Crippen LogP contribution in [0.5, 0.6) is 0 Å². The minimum atomic E-state index is 0.288. The van der Waals surface area contributed by atoms with Crippen LogP contribution in [0.3, 0.4) is 0 Å². The summed E-state index contributed by atoms with van der Waals surface area (Å²) in [4.78, 5) is 14.8. The number of rotatable bonds is 10. The SMILES string of the molecule is COCCN(CCCc1ccccc1)C(=O)CC(C)C1CCNCC1. The number of aryl methyl sites for hydroxylation is 1. The van der Waals surface area contributed by atoms with Crippen molar-refractivity contribution in [2.45, 2.75) is 39.0 Å². The Morgan fingerprint density at radius 2 is 1.96 bits per heavy atom. The van der Waals surface area contributed by atoms with Crippen LogP contribution in [0.4, 0.5) is 0 Å². The third-order valence-corrected chi connectivity index (χ3v) is 5.34. The highest BCUT2D eigenvalue weighted by Gasteiger charge is 2.24. The largest absolute Gasteiger partial charge is 0.383 e. The first-order valence-corrected chi connectivity index (χ1v) is 9.72. The number of benzene rings is 1. The van der Waals surface area contributed by atoms with Gasteiger partial charge in [0.1, 0.15) is 0 Å². The molecule has 0 saturated carbocycles. The fraction of sp³-hybridized carbons (Fsp3) is 0.667. The second kappa shape index (κ2) is 11.3. The molecule has 1 N–H and O–H groups in total. The molecule has 0 bridgehead atoms. The zero-order chi connectivity index (χ0) is 17.9. The molecule has 0 radical (unpaired) electrons. The van der Waals surface area contributed by atoms with Gasteiger partial charge >= 0.3 is 0 Å². The zero-order valence-corrected chi connectivity index (χ0v) is 15.9. The summed E-state index contributed by atoms with van der Waals surface area (Å²) in [5.41, 5.74) is 1.34. The van der Waals surface area contributed by atoms with Gasteiger partial charge in [-0.1, -0.05) is 37.3 Å². The standard InChI is InChI=1S/C21H34N2O2/c1-18(20-10-12-22-13-11-20)17-21(24)23(15-16-25-2)14-6-9-19-7-4-3-5-8-19/h3-5,7-8,18,20,22H,6,9-17H2,1-2H3. The van der Waals surface area contributed by atoms with Crippen LogP contribution in [0.1, 0.15) is 38.2 Å². The summed E-state index contributed by atoms with van der Waals surface area (Å²) in [7, 11) is 1.70. The van der Waals surface area contributed by atoms with E-state index in [1.807, 2.05) is 11.0 Å². The number of ether oxygens (including phenoxy) is 1. The van der Waals surface area contributed by atoms with Gasteiger partial charge in [0, 0.05) is 26.6 Å². The molecule has 1 aromatic rings. The van der Waals surface area contributed by atoms with E-state index in [-0.39, 0.29) is 5.91 Å². The molecule has 2 rings (SSSR count). The molecule has 1 unspecified atom stereocenters. The Kier molecular flexibility index (Phi) is 8.98. The van der Waals surface area contributed by atoms with Crippen LogP contribution in [0.25, 0.3) is 0 Å². The molecular weight excluding hydrogens is 312 g/mol. The predicted molar refractivity (Wildman–Crippen MR) is 103 cm³/mol. The number of nitrogens with zero attached hydrogens (tertiary/aromatic N) is 1. The summed E-state index contributed by atoms with van der Waals surface area (Å²) in [6.07, 6.45) is 5.07. The monoisotopic (exact) mass is 346 g/mol. The van der Waals surface area contributed by atoms with Gasteiger partial charge in [-0.3, -0.25) is 4.79 Å². The average Bonchev–Trinajstić information content (AvgIpc) is 2.66. The third-order valence-electron chi connectivity index (χ3n) is 5.34. The molecule has 1 atom stereocenters. The number of piperidine rings is 1. The summed E-state index contributed by atoms with van der Waals surface area (Å²) in [5.74, 6) is 1.43. The van der Waals surface area contributed by atoms with Gasteiger partial charge in [-0.05, 0) is 56.2 Å². The Morgan fingerprint density at radius 1 is 1.24 bits per heavy atom. The molecule has 140 valence electrons. The first-order valence-electron chi connectivity index (χ1n) is 9.72. The molecule has 25 heavy (non-hydrogen) atoms. The van der Waals surface area contributed by atoms with Crippen molar-refractivity contribution < 1.29 is 9.53 Å². The molecule has 4 heteroatoms. The first-order chi connectivity index (χ1) is 12.2. The maximum atomic E-state index is 12.8. The lowest BCUT2D eigenvalue weighted by atomic mass is 9.84. The van der Waals surface area contributed by atoms with Crippen molar-refractivity contribution in [3.05, 3.63) is 35.9 Å². The lowest BCUT2D eigenvalue weighted by Crippen LogP contribution is -2.38. The molecule has 1 heterocycles. The van der Waals surface area contributed by atoms with Gasteiger partial charge in [0.05, 0.1) is 6.61 Å². The van der Waals surface area contributed by atoms with E-state index >= 15 is 0 Å². The van der Waals surface area contributed by atoms with Gasteiger partial charge in [-0.25, -0.2) is 0 Å². The number of nitrogens with one attached hydrogen (secondary N) is 1. The van der Waals surface area contributed by atoms with Gasteiger partial charge in [-0.2, -0.15) is 0 Å². The van der Waals surface area contributed by atoms with E-state index in [1.165, 1.54) is 18.4 Å². The van der Waals surface area contributed by atoms with Crippen LogP contribution < -0.4 is 5.32 Å². The summed E-state index contributed by atoms with van der Waals surface area (Å²) in [6, 6.07) is 10.5. The Hall–Kier alpha value is -1.39.